The van der Waals surface area contributed by atoms with Crippen molar-refractivity contribution < 1.29 is 22.6 Å². The standard InChI is InChI=1S/C18H23F3N4O2S/c1-12(27-14-7-5-4-6-13(14)26-3)10-24-17(22-2)23-9-8-16-25-15(11-28-16)18(19,20)21/h4-7,11-12H,8-10H2,1-3H3,(H2,22,23,24). The smallest absolute Gasteiger partial charge is 0.434 e. The topological polar surface area (TPSA) is 67.8 Å². The van der Waals surface area contributed by atoms with Crippen LogP contribution >= 0.6 is 11.3 Å². The number of aliphatic imine (C=N–C) groups is 1. The molecule has 0 amide bonds. The molecule has 0 saturated heterocycles. The molecule has 1 atom stereocenters. The second kappa shape index (κ2) is 10.2. The van der Waals surface area contributed by atoms with Crippen LogP contribution in [0, 0.1) is 0 Å². The van der Waals surface area contributed by atoms with Gasteiger partial charge in [-0.05, 0) is 19.1 Å². The van der Waals surface area contributed by atoms with Crippen LogP contribution in [0.1, 0.15) is 17.6 Å². The Bertz CT molecular complexity index is 780. The lowest BCUT2D eigenvalue weighted by molar-refractivity contribution is -0.140. The highest BCUT2D eigenvalue weighted by atomic mass is 32.1. The number of nitrogens with zero attached hydrogens (tertiary/aromatic N) is 2. The molecule has 0 aliphatic rings. The van der Waals surface area contributed by atoms with E-state index in [1.54, 1.807) is 14.2 Å². The highest BCUT2D eigenvalue weighted by molar-refractivity contribution is 7.09. The number of rotatable bonds is 8. The van der Waals surface area contributed by atoms with Gasteiger partial charge in [0, 0.05) is 25.4 Å². The largest absolute Gasteiger partial charge is 0.493 e. The molecule has 0 aliphatic heterocycles. The van der Waals surface area contributed by atoms with Crippen LogP contribution in [0.3, 0.4) is 0 Å². The Morgan fingerprint density at radius 3 is 2.57 bits per heavy atom. The summed E-state index contributed by atoms with van der Waals surface area (Å²) in [5.41, 5.74) is -0.850. The minimum atomic E-state index is -4.41. The summed E-state index contributed by atoms with van der Waals surface area (Å²) in [5.74, 6) is 1.83. The number of hydrogen-bond donors (Lipinski definition) is 2. The van der Waals surface area contributed by atoms with Gasteiger partial charge >= 0.3 is 6.18 Å². The average molecular weight is 416 g/mol. The van der Waals surface area contributed by atoms with Crippen LogP contribution < -0.4 is 20.1 Å². The van der Waals surface area contributed by atoms with Crippen LogP contribution in [0.2, 0.25) is 0 Å². The number of guanidine groups is 1. The van der Waals surface area contributed by atoms with Gasteiger partial charge in [-0.2, -0.15) is 13.2 Å². The molecule has 6 nitrogen and oxygen atoms in total. The van der Waals surface area contributed by atoms with E-state index >= 15 is 0 Å². The van der Waals surface area contributed by atoms with Crippen molar-refractivity contribution in [2.45, 2.75) is 25.6 Å². The third-order valence-electron chi connectivity index (χ3n) is 3.65. The van der Waals surface area contributed by atoms with Gasteiger partial charge in [0.05, 0.1) is 18.7 Å². The monoisotopic (exact) mass is 416 g/mol. The van der Waals surface area contributed by atoms with E-state index in [0.717, 1.165) is 16.7 Å². The van der Waals surface area contributed by atoms with E-state index in [0.29, 0.717) is 42.0 Å². The molecule has 10 heteroatoms. The van der Waals surface area contributed by atoms with E-state index < -0.39 is 11.9 Å². The quantitative estimate of drug-likeness (QED) is 0.510. The van der Waals surface area contributed by atoms with E-state index in [2.05, 4.69) is 20.6 Å². The van der Waals surface area contributed by atoms with E-state index in [1.165, 1.54) is 0 Å². The van der Waals surface area contributed by atoms with Crippen LogP contribution in [0.15, 0.2) is 34.6 Å². The van der Waals surface area contributed by atoms with E-state index in [9.17, 15) is 13.2 Å². The van der Waals surface area contributed by atoms with E-state index in [-0.39, 0.29) is 6.10 Å². The second-order valence-electron chi connectivity index (χ2n) is 5.83. The minimum absolute atomic E-state index is 0.164. The summed E-state index contributed by atoms with van der Waals surface area (Å²) in [6.07, 6.45) is -4.20. The number of hydrogen-bond acceptors (Lipinski definition) is 5. The number of methoxy groups -OCH3 is 1. The molecule has 2 aromatic rings. The fraction of sp³-hybridized carbons (Fsp3) is 0.444. The Morgan fingerprint density at radius 1 is 1.25 bits per heavy atom. The molecular weight excluding hydrogens is 393 g/mol. The first-order chi connectivity index (χ1) is 13.3. The maximum absolute atomic E-state index is 12.6. The zero-order valence-electron chi connectivity index (χ0n) is 15.8. The van der Waals surface area contributed by atoms with Gasteiger partial charge in [-0.3, -0.25) is 4.99 Å². The van der Waals surface area contributed by atoms with Crippen molar-refractivity contribution in [2.75, 3.05) is 27.2 Å². The molecule has 1 aromatic heterocycles. The number of halogens is 3. The highest BCUT2D eigenvalue weighted by Crippen LogP contribution is 2.30. The Labute approximate surface area is 165 Å². The van der Waals surface area contributed by atoms with Gasteiger partial charge in [-0.1, -0.05) is 12.1 Å². The van der Waals surface area contributed by atoms with Crippen molar-refractivity contribution in [3.8, 4) is 11.5 Å². The van der Waals surface area contributed by atoms with Gasteiger partial charge in [-0.15, -0.1) is 11.3 Å². The molecule has 0 bridgehead atoms. The third-order valence-corrected chi connectivity index (χ3v) is 4.56. The Kier molecular flexibility index (Phi) is 7.91. The predicted molar refractivity (Wildman–Crippen MR) is 103 cm³/mol. The summed E-state index contributed by atoms with van der Waals surface area (Å²) in [4.78, 5) is 7.70. The van der Waals surface area contributed by atoms with Crippen molar-refractivity contribution in [1.29, 1.82) is 0 Å². The predicted octanol–water partition coefficient (Wildman–Crippen LogP) is 3.35. The fourth-order valence-corrected chi connectivity index (χ4v) is 3.08. The van der Waals surface area contributed by atoms with Crippen molar-refractivity contribution in [1.82, 2.24) is 15.6 Å². The molecular formula is C18H23F3N4O2S. The second-order valence-corrected chi connectivity index (χ2v) is 6.78. The summed E-state index contributed by atoms with van der Waals surface area (Å²) in [5, 5.41) is 7.62. The molecule has 0 saturated carbocycles. The van der Waals surface area contributed by atoms with Gasteiger partial charge < -0.3 is 20.1 Å². The SMILES string of the molecule is CN=C(NCCc1nc(C(F)(F)F)cs1)NCC(C)Oc1ccccc1OC. The number of aromatic nitrogens is 1. The first-order valence-electron chi connectivity index (χ1n) is 8.59. The third kappa shape index (κ3) is 6.59. The normalized spacial score (nSPS) is 13.1. The highest BCUT2D eigenvalue weighted by Gasteiger charge is 2.33. The Hall–Kier alpha value is -2.49. The summed E-state index contributed by atoms with van der Waals surface area (Å²) in [6.45, 7) is 2.79. The van der Waals surface area contributed by atoms with Gasteiger partial charge in [0.1, 0.15) is 6.10 Å². The molecule has 28 heavy (non-hydrogen) atoms. The summed E-state index contributed by atoms with van der Waals surface area (Å²) in [6, 6.07) is 7.37. The summed E-state index contributed by atoms with van der Waals surface area (Å²) >= 11 is 0.995. The van der Waals surface area contributed by atoms with Crippen LogP contribution in [0.4, 0.5) is 13.2 Å². The maximum Gasteiger partial charge on any atom is 0.434 e. The number of thiazole rings is 1. The molecule has 0 spiro atoms. The van der Waals surface area contributed by atoms with Crippen molar-refractivity contribution >= 4 is 17.3 Å². The zero-order chi connectivity index (χ0) is 20.6. The number of para-hydroxylation sites is 2. The van der Waals surface area contributed by atoms with Crippen molar-refractivity contribution in [2.24, 2.45) is 4.99 Å². The van der Waals surface area contributed by atoms with Crippen molar-refractivity contribution in [3.05, 3.63) is 40.3 Å². The molecule has 2 rings (SSSR count). The van der Waals surface area contributed by atoms with E-state index in [4.69, 9.17) is 9.47 Å². The number of ether oxygens (including phenoxy) is 2. The average Bonchev–Trinajstić information content (AvgIpc) is 3.14. The lowest BCUT2D eigenvalue weighted by Gasteiger charge is -2.19. The summed E-state index contributed by atoms with van der Waals surface area (Å²) < 4.78 is 48.8. The van der Waals surface area contributed by atoms with E-state index in [1.807, 2.05) is 31.2 Å². The number of alkyl halides is 3. The lowest BCUT2D eigenvalue weighted by Crippen LogP contribution is -2.42. The minimum Gasteiger partial charge on any atom is -0.493 e. The lowest BCUT2D eigenvalue weighted by atomic mass is 10.3. The van der Waals surface area contributed by atoms with Gasteiger partial charge in [0.25, 0.3) is 0 Å². The van der Waals surface area contributed by atoms with Crippen molar-refractivity contribution in [3.63, 3.8) is 0 Å². The van der Waals surface area contributed by atoms with Gasteiger partial charge in [-0.25, -0.2) is 4.98 Å². The molecule has 0 aliphatic carbocycles. The fourth-order valence-electron chi connectivity index (χ4n) is 2.28. The van der Waals surface area contributed by atoms with Crippen LogP contribution in [0.5, 0.6) is 11.5 Å². The van der Waals surface area contributed by atoms with Crippen LogP contribution in [-0.2, 0) is 12.6 Å². The molecule has 154 valence electrons. The Morgan fingerprint density at radius 2 is 1.96 bits per heavy atom. The zero-order valence-corrected chi connectivity index (χ0v) is 16.7. The Balaban J connectivity index is 1.76. The summed E-state index contributed by atoms with van der Waals surface area (Å²) in [7, 11) is 3.20. The first kappa shape index (κ1) is 21.8. The molecule has 2 N–H and O–H groups in total. The van der Waals surface area contributed by atoms with Gasteiger partial charge in [0.2, 0.25) is 0 Å². The molecule has 0 radical (unpaired) electrons. The van der Waals surface area contributed by atoms with Crippen LogP contribution in [0.25, 0.3) is 0 Å². The molecule has 1 unspecified atom stereocenters. The molecule has 0 fully saturated rings. The maximum atomic E-state index is 12.6. The molecule has 1 heterocycles. The van der Waals surface area contributed by atoms with Gasteiger partial charge in [0.15, 0.2) is 23.2 Å². The number of benzene rings is 1. The first-order valence-corrected chi connectivity index (χ1v) is 9.47. The molecule has 1 aromatic carbocycles. The van der Waals surface area contributed by atoms with Crippen LogP contribution in [-0.4, -0.2) is 44.3 Å². The number of nitrogens with one attached hydrogen (secondary N) is 2.